The molecule has 3 aliphatic rings. The average Bonchev–Trinajstić information content (AvgIpc) is 2.98. The number of aliphatic hydroxyl groups is 1. The minimum atomic E-state index is -1.28. The molecule has 5 nitrogen and oxygen atoms in total. The van der Waals surface area contributed by atoms with Crippen LogP contribution in [-0.4, -0.2) is 27.5 Å². The van der Waals surface area contributed by atoms with Gasteiger partial charge in [0.15, 0.2) is 0 Å². The highest BCUT2D eigenvalue weighted by Gasteiger charge is 2.73. The van der Waals surface area contributed by atoms with Crippen molar-refractivity contribution in [2.24, 2.45) is 22.7 Å². The standard InChI is InChI=1S/C14H21NO4/c1-12(2)6-8-9(11(12)16)7-14(4-5-14)13(3,17)10(8)15(18)19/h8-10,17H,4-7H2,1-3H3/t8-,9-,10?,13?/m1/s1. The van der Waals surface area contributed by atoms with Gasteiger partial charge in [-0.1, -0.05) is 13.8 Å². The van der Waals surface area contributed by atoms with Crippen LogP contribution >= 0.6 is 0 Å². The molecule has 0 amide bonds. The molecule has 0 radical (unpaired) electrons. The second kappa shape index (κ2) is 3.37. The molecule has 0 bridgehead atoms. The summed E-state index contributed by atoms with van der Waals surface area (Å²) in [7, 11) is 0. The van der Waals surface area contributed by atoms with E-state index in [2.05, 4.69) is 0 Å². The second-order valence-corrected chi connectivity index (χ2v) is 7.58. The summed E-state index contributed by atoms with van der Waals surface area (Å²) in [6, 6.07) is -1.00. The third kappa shape index (κ3) is 1.48. The van der Waals surface area contributed by atoms with Crippen LogP contribution in [0.1, 0.15) is 46.5 Å². The molecule has 3 saturated carbocycles. The summed E-state index contributed by atoms with van der Waals surface area (Å²) in [4.78, 5) is 23.6. The van der Waals surface area contributed by atoms with Gasteiger partial charge in [0.25, 0.3) is 0 Å². The first kappa shape index (κ1) is 13.0. The number of carbonyl (C=O) groups is 1. The van der Waals surface area contributed by atoms with Crippen LogP contribution in [0.15, 0.2) is 0 Å². The van der Waals surface area contributed by atoms with Crippen LogP contribution in [-0.2, 0) is 4.79 Å². The number of hydrogen-bond acceptors (Lipinski definition) is 4. The van der Waals surface area contributed by atoms with Crippen molar-refractivity contribution in [1.29, 1.82) is 0 Å². The number of carbonyl (C=O) groups excluding carboxylic acids is 1. The van der Waals surface area contributed by atoms with Gasteiger partial charge < -0.3 is 5.11 Å². The lowest BCUT2D eigenvalue weighted by Gasteiger charge is -2.44. The molecule has 1 N–H and O–H groups in total. The molecule has 0 aromatic rings. The Kier molecular flexibility index (Phi) is 2.31. The quantitative estimate of drug-likeness (QED) is 0.580. The van der Waals surface area contributed by atoms with E-state index in [0.717, 1.165) is 12.8 Å². The van der Waals surface area contributed by atoms with Gasteiger partial charge in [0.1, 0.15) is 11.4 Å². The highest BCUT2D eigenvalue weighted by Crippen LogP contribution is 2.67. The molecule has 3 aliphatic carbocycles. The van der Waals surface area contributed by atoms with Crippen LogP contribution in [0.3, 0.4) is 0 Å². The van der Waals surface area contributed by atoms with Crippen molar-refractivity contribution < 1.29 is 14.8 Å². The number of Topliss-reactive ketones (excluding diaryl/α,β-unsaturated/α-hetero) is 1. The van der Waals surface area contributed by atoms with Gasteiger partial charge in [-0.25, -0.2) is 0 Å². The minimum absolute atomic E-state index is 0.158. The first-order valence-electron chi connectivity index (χ1n) is 7.03. The maximum Gasteiger partial charge on any atom is 0.245 e. The number of nitrogens with zero attached hydrogens (tertiary/aromatic N) is 1. The molecule has 4 atom stereocenters. The van der Waals surface area contributed by atoms with Crippen molar-refractivity contribution in [2.45, 2.75) is 58.1 Å². The summed E-state index contributed by atoms with van der Waals surface area (Å²) in [6.07, 6.45) is 2.77. The Labute approximate surface area is 112 Å². The lowest BCUT2D eigenvalue weighted by atomic mass is 9.62. The van der Waals surface area contributed by atoms with Gasteiger partial charge in [0, 0.05) is 27.6 Å². The van der Waals surface area contributed by atoms with E-state index in [1.54, 1.807) is 6.92 Å². The normalized spacial score (nSPS) is 46.1. The van der Waals surface area contributed by atoms with Crippen molar-refractivity contribution in [3.8, 4) is 0 Å². The highest BCUT2D eigenvalue weighted by molar-refractivity contribution is 5.89. The van der Waals surface area contributed by atoms with Gasteiger partial charge in [-0.15, -0.1) is 0 Å². The third-order valence-electron chi connectivity index (χ3n) is 6.01. The fraction of sp³-hybridized carbons (Fsp3) is 0.929. The van der Waals surface area contributed by atoms with Gasteiger partial charge in [0.2, 0.25) is 6.04 Å². The number of ketones is 1. The van der Waals surface area contributed by atoms with Crippen LogP contribution in [0.5, 0.6) is 0 Å². The Morgan fingerprint density at radius 2 is 1.84 bits per heavy atom. The molecule has 1 spiro atoms. The lowest BCUT2D eigenvalue weighted by molar-refractivity contribution is -0.564. The molecule has 3 fully saturated rings. The average molecular weight is 267 g/mol. The van der Waals surface area contributed by atoms with Crippen LogP contribution in [0.25, 0.3) is 0 Å². The molecular weight excluding hydrogens is 246 g/mol. The number of fused-ring (bicyclic) bond motifs is 1. The van der Waals surface area contributed by atoms with Gasteiger partial charge in [-0.2, -0.15) is 0 Å². The Morgan fingerprint density at radius 1 is 1.26 bits per heavy atom. The van der Waals surface area contributed by atoms with Crippen LogP contribution in [0, 0.1) is 32.8 Å². The second-order valence-electron chi connectivity index (χ2n) is 7.58. The molecular formula is C14H21NO4. The van der Waals surface area contributed by atoms with Crippen LogP contribution in [0.2, 0.25) is 0 Å². The van der Waals surface area contributed by atoms with Gasteiger partial charge in [-0.05, 0) is 32.6 Å². The van der Waals surface area contributed by atoms with Crippen molar-refractivity contribution in [3.05, 3.63) is 10.1 Å². The SMILES string of the molecule is CC1(C)C[C@H]2C([N+](=O)[O-])C(C)(O)C3(CC3)C[C@H]2C1=O. The maximum atomic E-state index is 12.5. The van der Waals surface area contributed by atoms with Crippen LogP contribution in [0.4, 0.5) is 0 Å². The van der Waals surface area contributed by atoms with E-state index in [4.69, 9.17) is 0 Å². The zero-order valence-electron chi connectivity index (χ0n) is 11.7. The van der Waals surface area contributed by atoms with E-state index < -0.39 is 17.1 Å². The molecule has 2 unspecified atom stereocenters. The van der Waals surface area contributed by atoms with Crippen LogP contribution < -0.4 is 0 Å². The number of hydrogen-bond donors (Lipinski definition) is 1. The smallest absolute Gasteiger partial charge is 0.245 e. The van der Waals surface area contributed by atoms with E-state index in [1.807, 2.05) is 13.8 Å². The minimum Gasteiger partial charge on any atom is -0.382 e. The molecule has 5 heteroatoms. The fourth-order valence-electron chi connectivity index (χ4n) is 4.69. The first-order valence-corrected chi connectivity index (χ1v) is 7.03. The summed E-state index contributed by atoms with van der Waals surface area (Å²) < 4.78 is 0. The molecule has 3 rings (SSSR count). The van der Waals surface area contributed by atoms with E-state index in [9.17, 15) is 20.0 Å². The summed E-state index contributed by atoms with van der Waals surface area (Å²) in [5.74, 6) is -0.377. The van der Waals surface area contributed by atoms with Crippen molar-refractivity contribution in [1.82, 2.24) is 0 Å². The van der Waals surface area contributed by atoms with E-state index in [1.165, 1.54) is 0 Å². The predicted molar refractivity (Wildman–Crippen MR) is 68.1 cm³/mol. The monoisotopic (exact) mass is 267 g/mol. The predicted octanol–water partition coefficient (Wildman–Crippen LogP) is 1.80. The Bertz CT molecular complexity index is 464. The van der Waals surface area contributed by atoms with E-state index in [0.29, 0.717) is 12.8 Å². The third-order valence-corrected chi connectivity index (χ3v) is 6.01. The molecule has 19 heavy (non-hydrogen) atoms. The number of rotatable bonds is 1. The fourth-order valence-corrected chi connectivity index (χ4v) is 4.69. The molecule has 106 valence electrons. The maximum absolute atomic E-state index is 12.5. The van der Waals surface area contributed by atoms with Crippen molar-refractivity contribution in [3.63, 3.8) is 0 Å². The molecule has 0 aromatic carbocycles. The number of nitro groups is 1. The van der Waals surface area contributed by atoms with Gasteiger partial charge in [0.05, 0.1) is 0 Å². The molecule has 0 heterocycles. The topological polar surface area (TPSA) is 80.4 Å². The Balaban J connectivity index is 2.06. The summed E-state index contributed by atoms with van der Waals surface area (Å²) in [5.41, 5.74) is -2.15. The van der Waals surface area contributed by atoms with Gasteiger partial charge >= 0.3 is 0 Å². The van der Waals surface area contributed by atoms with E-state index in [-0.39, 0.29) is 28.0 Å². The Morgan fingerprint density at radius 3 is 2.32 bits per heavy atom. The van der Waals surface area contributed by atoms with Crippen molar-refractivity contribution in [2.75, 3.05) is 0 Å². The lowest BCUT2D eigenvalue weighted by Crippen LogP contribution is -2.60. The molecule has 0 aliphatic heterocycles. The summed E-state index contributed by atoms with van der Waals surface area (Å²) in [5, 5.41) is 22.2. The summed E-state index contributed by atoms with van der Waals surface area (Å²) >= 11 is 0. The zero-order valence-corrected chi connectivity index (χ0v) is 11.7. The zero-order chi connectivity index (χ0) is 14.2. The first-order chi connectivity index (χ1) is 8.62. The van der Waals surface area contributed by atoms with Crippen molar-refractivity contribution >= 4 is 5.78 Å². The summed E-state index contributed by atoms with van der Waals surface area (Å²) in [6.45, 7) is 5.36. The van der Waals surface area contributed by atoms with E-state index >= 15 is 0 Å². The largest absolute Gasteiger partial charge is 0.382 e. The van der Waals surface area contributed by atoms with Gasteiger partial charge in [-0.3, -0.25) is 14.9 Å². The molecule has 0 aromatic heterocycles. The molecule has 0 saturated heterocycles. The highest BCUT2D eigenvalue weighted by atomic mass is 16.6. The Hall–Kier alpha value is -0.970.